The fourth-order valence-electron chi connectivity index (χ4n) is 2.70. The Hall–Kier alpha value is -2.51. The van der Waals surface area contributed by atoms with Crippen molar-refractivity contribution in [2.24, 2.45) is 10.7 Å². The van der Waals surface area contributed by atoms with Gasteiger partial charge in [-0.25, -0.2) is 9.18 Å². The summed E-state index contributed by atoms with van der Waals surface area (Å²) in [4.78, 5) is 20.1. The molecule has 1 aromatic rings. The molecule has 0 radical (unpaired) electrons. The lowest BCUT2D eigenvalue weighted by molar-refractivity contribution is 0.0186. The van der Waals surface area contributed by atoms with Crippen molar-refractivity contribution in [3.8, 4) is 5.75 Å². The molecule has 8 heteroatoms. The summed E-state index contributed by atoms with van der Waals surface area (Å²) in [5, 5.41) is 0. The van der Waals surface area contributed by atoms with Crippen molar-refractivity contribution in [3.63, 3.8) is 0 Å². The third kappa shape index (κ3) is 6.30. The molecule has 0 aromatic heterocycles. The lowest BCUT2D eigenvalue weighted by Crippen LogP contribution is -2.53. The van der Waals surface area contributed by atoms with Crippen LogP contribution in [0.5, 0.6) is 5.75 Å². The second-order valence-electron chi connectivity index (χ2n) is 7.41. The average Bonchev–Trinajstić information content (AvgIpc) is 2.61. The predicted molar refractivity (Wildman–Crippen MR) is 103 cm³/mol. The summed E-state index contributed by atoms with van der Waals surface area (Å²) in [6.07, 6.45) is 0.331. The predicted octanol–water partition coefficient (Wildman–Crippen LogP) is 2.24. The quantitative estimate of drug-likeness (QED) is 0.640. The number of amides is 1. The van der Waals surface area contributed by atoms with Gasteiger partial charge in [0.25, 0.3) is 0 Å². The third-order valence-electron chi connectivity index (χ3n) is 4.15. The SMILES string of the molecule is COc1cc(CCN=C(N)N2CCN(C(=O)OC(C)(C)C)CC2)ccc1F. The summed E-state index contributed by atoms with van der Waals surface area (Å²) < 4.78 is 23.8. The molecule has 1 aromatic carbocycles. The number of aliphatic imine (C=N–C) groups is 1. The molecule has 150 valence electrons. The maximum Gasteiger partial charge on any atom is 0.410 e. The molecule has 1 heterocycles. The van der Waals surface area contributed by atoms with E-state index >= 15 is 0 Å². The van der Waals surface area contributed by atoms with Gasteiger partial charge in [-0.2, -0.15) is 0 Å². The first kappa shape index (κ1) is 20.8. The Morgan fingerprint density at radius 1 is 1.22 bits per heavy atom. The molecule has 0 atom stereocenters. The first-order chi connectivity index (χ1) is 12.7. The van der Waals surface area contributed by atoms with E-state index in [0.29, 0.717) is 45.1 Å². The van der Waals surface area contributed by atoms with Crippen molar-refractivity contribution in [1.29, 1.82) is 0 Å². The van der Waals surface area contributed by atoms with Crippen molar-refractivity contribution < 1.29 is 18.7 Å². The van der Waals surface area contributed by atoms with Crippen molar-refractivity contribution >= 4 is 12.1 Å². The summed E-state index contributed by atoms with van der Waals surface area (Å²) in [5.74, 6) is 0.294. The Balaban J connectivity index is 1.81. The topological polar surface area (TPSA) is 80.4 Å². The highest BCUT2D eigenvalue weighted by Gasteiger charge is 2.26. The fraction of sp³-hybridized carbons (Fsp3) is 0.579. The van der Waals surface area contributed by atoms with Gasteiger partial charge in [-0.05, 0) is 44.9 Å². The molecule has 0 aliphatic carbocycles. The molecule has 2 N–H and O–H groups in total. The number of benzene rings is 1. The largest absolute Gasteiger partial charge is 0.494 e. The molecular formula is C19H29FN4O3. The van der Waals surface area contributed by atoms with Crippen LogP contribution < -0.4 is 10.5 Å². The van der Waals surface area contributed by atoms with Crippen molar-refractivity contribution in [2.45, 2.75) is 32.8 Å². The highest BCUT2D eigenvalue weighted by Crippen LogP contribution is 2.18. The summed E-state index contributed by atoms with van der Waals surface area (Å²) in [6, 6.07) is 4.76. The normalized spacial score (nSPS) is 15.7. The van der Waals surface area contributed by atoms with Crippen molar-refractivity contribution in [2.75, 3.05) is 39.8 Å². The minimum atomic E-state index is -0.502. The molecule has 1 saturated heterocycles. The number of nitrogens with two attached hydrogens (primary N) is 1. The number of piperazine rings is 1. The van der Waals surface area contributed by atoms with E-state index in [2.05, 4.69) is 4.99 Å². The van der Waals surface area contributed by atoms with E-state index in [1.165, 1.54) is 13.2 Å². The lowest BCUT2D eigenvalue weighted by atomic mass is 10.1. The molecule has 2 rings (SSSR count). The van der Waals surface area contributed by atoms with Crippen LogP contribution >= 0.6 is 0 Å². The minimum absolute atomic E-state index is 0.225. The maximum atomic E-state index is 13.4. The van der Waals surface area contributed by atoms with Crippen LogP contribution in [0.2, 0.25) is 0 Å². The van der Waals surface area contributed by atoms with E-state index in [-0.39, 0.29) is 17.7 Å². The zero-order chi connectivity index (χ0) is 20.0. The first-order valence-electron chi connectivity index (χ1n) is 9.05. The van der Waals surface area contributed by atoms with E-state index in [9.17, 15) is 9.18 Å². The van der Waals surface area contributed by atoms with Crippen LogP contribution in [-0.2, 0) is 11.2 Å². The van der Waals surface area contributed by atoms with Crippen LogP contribution in [0.25, 0.3) is 0 Å². The van der Waals surface area contributed by atoms with E-state index in [1.54, 1.807) is 17.0 Å². The van der Waals surface area contributed by atoms with Gasteiger partial charge in [-0.15, -0.1) is 0 Å². The van der Waals surface area contributed by atoms with E-state index < -0.39 is 5.60 Å². The molecule has 0 unspecified atom stereocenters. The number of carbonyl (C=O) groups excluding carboxylic acids is 1. The van der Waals surface area contributed by atoms with E-state index in [0.717, 1.165) is 5.56 Å². The fourth-order valence-corrected chi connectivity index (χ4v) is 2.70. The molecule has 1 aliphatic rings. The van der Waals surface area contributed by atoms with Crippen LogP contribution in [0, 0.1) is 5.82 Å². The van der Waals surface area contributed by atoms with Gasteiger partial charge in [0, 0.05) is 32.7 Å². The van der Waals surface area contributed by atoms with Gasteiger partial charge in [0.05, 0.1) is 7.11 Å². The molecule has 27 heavy (non-hydrogen) atoms. The van der Waals surface area contributed by atoms with Crippen LogP contribution in [0.3, 0.4) is 0 Å². The summed E-state index contributed by atoms with van der Waals surface area (Å²) in [6.45, 7) is 8.35. The zero-order valence-electron chi connectivity index (χ0n) is 16.5. The molecule has 1 amide bonds. The number of rotatable bonds is 4. The number of hydrogen-bond acceptors (Lipinski definition) is 4. The van der Waals surface area contributed by atoms with Gasteiger partial charge in [0.1, 0.15) is 5.60 Å². The van der Waals surface area contributed by atoms with Gasteiger partial charge in [-0.3, -0.25) is 4.99 Å². The van der Waals surface area contributed by atoms with Crippen LogP contribution in [0.15, 0.2) is 23.2 Å². The molecule has 0 spiro atoms. The Labute approximate surface area is 159 Å². The van der Waals surface area contributed by atoms with Crippen molar-refractivity contribution in [1.82, 2.24) is 9.80 Å². The number of methoxy groups -OCH3 is 1. The minimum Gasteiger partial charge on any atom is -0.494 e. The van der Waals surface area contributed by atoms with Gasteiger partial charge in [-0.1, -0.05) is 6.07 Å². The van der Waals surface area contributed by atoms with Crippen LogP contribution in [0.4, 0.5) is 9.18 Å². The number of halogens is 1. The van der Waals surface area contributed by atoms with Gasteiger partial charge < -0.3 is 25.0 Å². The van der Waals surface area contributed by atoms with Crippen LogP contribution in [0.1, 0.15) is 26.3 Å². The highest BCUT2D eigenvalue weighted by molar-refractivity contribution is 5.78. The van der Waals surface area contributed by atoms with E-state index in [4.69, 9.17) is 15.2 Å². The second-order valence-corrected chi connectivity index (χ2v) is 7.41. The Bertz CT molecular complexity index is 680. The molecule has 7 nitrogen and oxygen atoms in total. The monoisotopic (exact) mass is 380 g/mol. The number of ether oxygens (including phenoxy) is 2. The molecule has 1 fully saturated rings. The Morgan fingerprint density at radius 2 is 1.85 bits per heavy atom. The van der Waals surface area contributed by atoms with Gasteiger partial charge in [0.2, 0.25) is 0 Å². The summed E-state index contributed by atoms with van der Waals surface area (Å²) in [7, 11) is 1.44. The molecular weight excluding hydrogens is 351 g/mol. The number of guanidine groups is 1. The van der Waals surface area contributed by atoms with Crippen molar-refractivity contribution in [3.05, 3.63) is 29.6 Å². The summed E-state index contributed by atoms with van der Waals surface area (Å²) >= 11 is 0. The molecule has 0 saturated carbocycles. The van der Waals surface area contributed by atoms with E-state index in [1.807, 2.05) is 25.7 Å². The Kier molecular flexibility index (Phi) is 6.87. The molecule has 0 bridgehead atoms. The Morgan fingerprint density at radius 3 is 2.44 bits per heavy atom. The second kappa shape index (κ2) is 8.92. The summed E-state index contributed by atoms with van der Waals surface area (Å²) in [5.41, 5.74) is 6.50. The molecule has 1 aliphatic heterocycles. The average molecular weight is 380 g/mol. The number of hydrogen-bond donors (Lipinski definition) is 1. The van der Waals surface area contributed by atoms with Gasteiger partial charge in [0.15, 0.2) is 17.5 Å². The standard InChI is InChI=1S/C19H29FN4O3/c1-19(2,3)27-18(25)24-11-9-23(10-12-24)17(21)22-8-7-14-5-6-15(20)16(13-14)26-4/h5-6,13H,7-12H2,1-4H3,(H2,21,22). The van der Waals surface area contributed by atoms with Crippen LogP contribution in [-0.4, -0.2) is 67.3 Å². The number of carbonyl (C=O) groups is 1. The highest BCUT2D eigenvalue weighted by atomic mass is 19.1. The zero-order valence-corrected chi connectivity index (χ0v) is 16.5. The van der Waals surface area contributed by atoms with Gasteiger partial charge >= 0.3 is 6.09 Å². The third-order valence-corrected chi connectivity index (χ3v) is 4.15. The lowest BCUT2D eigenvalue weighted by Gasteiger charge is -2.36. The maximum absolute atomic E-state index is 13.4. The number of nitrogens with zero attached hydrogens (tertiary/aromatic N) is 3. The smallest absolute Gasteiger partial charge is 0.410 e. The first-order valence-corrected chi connectivity index (χ1v) is 9.05.